The molecule has 0 N–H and O–H groups in total. The number of thiocarbonyl (C=S) groups is 1. The zero-order chi connectivity index (χ0) is 22.4. The van der Waals surface area contributed by atoms with Gasteiger partial charge in [-0.05, 0) is 58.8 Å². The van der Waals surface area contributed by atoms with Crippen molar-refractivity contribution >= 4 is 56.2 Å². The smallest absolute Gasteiger partial charge is 0.266 e. The van der Waals surface area contributed by atoms with Crippen molar-refractivity contribution in [2.45, 2.75) is 6.92 Å². The maximum Gasteiger partial charge on any atom is 0.266 e. The Morgan fingerprint density at radius 2 is 1.84 bits per heavy atom. The Morgan fingerprint density at radius 1 is 1.10 bits per heavy atom. The highest BCUT2D eigenvalue weighted by Crippen LogP contribution is 2.39. The fourth-order valence-corrected chi connectivity index (χ4v) is 4.84. The van der Waals surface area contributed by atoms with Gasteiger partial charge < -0.3 is 18.9 Å². The van der Waals surface area contributed by atoms with Gasteiger partial charge >= 0.3 is 0 Å². The molecule has 2 aromatic carbocycles. The Morgan fingerprint density at radius 3 is 2.52 bits per heavy atom. The molecule has 0 atom stereocenters. The van der Waals surface area contributed by atoms with E-state index < -0.39 is 0 Å². The van der Waals surface area contributed by atoms with E-state index in [0.29, 0.717) is 50.7 Å². The van der Waals surface area contributed by atoms with Crippen molar-refractivity contribution in [3.05, 3.63) is 51.3 Å². The fourth-order valence-electron chi connectivity index (χ4n) is 2.88. The van der Waals surface area contributed by atoms with Crippen LogP contribution < -0.4 is 18.9 Å². The molecule has 1 fully saturated rings. The molecule has 0 saturated carbocycles. The Bertz CT molecular complexity index is 1010. The van der Waals surface area contributed by atoms with Gasteiger partial charge in [-0.1, -0.05) is 30.0 Å². The molecule has 1 saturated heterocycles. The highest BCUT2D eigenvalue weighted by Gasteiger charge is 2.30. The SMILES string of the molecule is CCN1C(=O)C(=Cc2cc(Br)c(OCCOc3cccc(OC)c3)c(OC)c2)SC1=S. The molecule has 0 bridgehead atoms. The van der Waals surface area contributed by atoms with Crippen LogP contribution >= 0.6 is 39.9 Å². The third-order valence-corrected chi connectivity index (χ3v) is 6.35. The van der Waals surface area contributed by atoms with Crippen LogP contribution in [0.5, 0.6) is 23.0 Å². The van der Waals surface area contributed by atoms with Crippen LogP contribution in [0.2, 0.25) is 0 Å². The lowest BCUT2D eigenvalue weighted by atomic mass is 10.2. The number of likely N-dealkylation sites (N-methyl/N-ethyl adjacent to an activating group) is 1. The van der Waals surface area contributed by atoms with E-state index >= 15 is 0 Å². The molecule has 1 amide bonds. The van der Waals surface area contributed by atoms with Gasteiger partial charge in [-0.15, -0.1) is 0 Å². The number of thioether (sulfide) groups is 1. The van der Waals surface area contributed by atoms with Crippen molar-refractivity contribution in [1.29, 1.82) is 0 Å². The normalized spacial score (nSPS) is 14.8. The minimum atomic E-state index is -0.0809. The van der Waals surface area contributed by atoms with E-state index in [1.54, 1.807) is 25.2 Å². The van der Waals surface area contributed by atoms with E-state index in [1.165, 1.54) is 11.8 Å². The van der Waals surface area contributed by atoms with Gasteiger partial charge in [0.25, 0.3) is 5.91 Å². The van der Waals surface area contributed by atoms with Crippen LogP contribution in [-0.4, -0.2) is 49.1 Å². The Kier molecular flexibility index (Phi) is 8.22. The molecule has 0 aromatic heterocycles. The first-order valence-corrected chi connectivity index (χ1v) is 11.5. The van der Waals surface area contributed by atoms with Gasteiger partial charge in [-0.3, -0.25) is 9.69 Å². The second-order valence-electron chi connectivity index (χ2n) is 6.34. The highest BCUT2D eigenvalue weighted by molar-refractivity contribution is 9.10. The summed E-state index contributed by atoms with van der Waals surface area (Å²) < 4.78 is 23.6. The fraction of sp³-hybridized carbons (Fsp3) is 0.273. The lowest BCUT2D eigenvalue weighted by Gasteiger charge is -2.14. The van der Waals surface area contributed by atoms with Crippen molar-refractivity contribution in [3.63, 3.8) is 0 Å². The summed E-state index contributed by atoms with van der Waals surface area (Å²) >= 11 is 10.1. The number of halogens is 1. The Hall–Kier alpha value is -2.23. The molecule has 6 nitrogen and oxygen atoms in total. The molecule has 0 radical (unpaired) electrons. The molecule has 0 unspecified atom stereocenters. The van der Waals surface area contributed by atoms with Gasteiger partial charge in [0.1, 0.15) is 29.0 Å². The zero-order valence-corrected chi connectivity index (χ0v) is 20.6. The number of carbonyl (C=O) groups is 1. The number of amides is 1. The second-order valence-corrected chi connectivity index (χ2v) is 8.87. The van der Waals surface area contributed by atoms with Crippen LogP contribution in [0.3, 0.4) is 0 Å². The van der Waals surface area contributed by atoms with E-state index in [2.05, 4.69) is 15.9 Å². The lowest BCUT2D eigenvalue weighted by Crippen LogP contribution is -2.27. The number of methoxy groups -OCH3 is 2. The molecule has 0 spiro atoms. The average molecular weight is 524 g/mol. The number of hydrogen-bond donors (Lipinski definition) is 0. The maximum absolute atomic E-state index is 12.4. The number of carbonyl (C=O) groups excluding carboxylic acids is 1. The van der Waals surface area contributed by atoms with Gasteiger partial charge in [0.15, 0.2) is 11.5 Å². The van der Waals surface area contributed by atoms with Gasteiger partial charge in [-0.25, -0.2) is 0 Å². The summed E-state index contributed by atoms with van der Waals surface area (Å²) in [4.78, 5) is 14.6. The number of hydrogen-bond acceptors (Lipinski definition) is 7. The number of benzene rings is 2. The van der Waals surface area contributed by atoms with Crippen LogP contribution in [0, 0.1) is 0 Å². The number of nitrogens with zero attached hydrogens (tertiary/aromatic N) is 1. The molecule has 31 heavy (non-hydrogen) atoms. The molecule has 1 aliphatic heterocycles. The van der Waals surface area contributed by atoms with E-state index in [0.717, 1.165) is 11.3 Å². The van der Waals surface area contributed by atoms with Crippen LogP contribution in [0.4, 0.5) is 0 Å². The summed E-state index contributed by atoms with van der Waals surface area (Å²) in [6.45, 7) is 3.13. The van der Waals surface area contributed by atoms with Crippen molar-refractivity contribution in [2.75, 3.05) is 34.0 Å². The summed E-state index contributed by atoms with van der Waals surface area (Å²) in [6.07, 6.45) is 1.80. The number of ether oxygens (including phenoxy) is 4. The lowest BCUT2D eigenvalue weighted by molar-refractivity contribution is -0.121. The molecule has 1 heterocycles. The molecule has 1 aliphatic rings. The van der Waals surface area contributed by atoms with E-state index in [4.69, 9.17) is 31.2 Å². The largest absolute Gasteiger partial charge is 0.497 e. The van der Waals surface area contributed by atoms with E-state index in [-0.39, 0.29) is 5.91 Å². The van der Waals surface area contributed by atoms with Crippen LogP contribution in [0.25, 0.3) is 6.08 Å². The quantitative estimate of drug-likeness (QED) is 0.256. The van der Waals surface area contributed by atoms with Gasteiger partial charge in [0.2, 0.25) is 0 Å². The standard InChI is InChI=1S/C22H22BrNO5S2/c1-4-24-21(25)19(31-22(24)30)12-14-10-17(23)20(18(11-14)27-3)29-9-8-28-16-7-5-6-15(13-16)26-2/h5-7,10-13H,4,8-9H2,1-3H3. The Balaban J connectivity index is 1.67. The van der Waals surface area contributed by atoms with Crippen molar-refractivity contribution < 1.29 is 23.7 Å². The zero-order valence-electron chi connectivity index (χ0n) is 17.3. The minimum absolute atomic E-state index is 0.0809. The predicted molar refractivity (Wildman–Crippen MR) is 130 cm³/mol. The number of rotatable bonds is 9. The van der Waals surface area contributed by atoms with Gasteiger partial charge in [0.05, 0.1) is 23.6 Å². The van der Waals surface area contributed by atoms with Gasteiger partial charge in [-0.2, -0.15) is 0 Å². The molecular formula is C22H22BrNO5S2. The molecule has 0 aliphatic carbocycles. The summed E-state index contributed by atoms with van der Waals surface area (Å²) in [7, 11) is 3.18. The molecule has 2 aromatic rings. The summed E-state index contributed by atoms with van der Waals surface area (Å²) in [5.74, 6) is 2.47. The van der Waals surface area contributed by atoms with Crippen LogP contribution in [-0.2, 0) is 4.79 Å². The van der Waals surface area contributed by atoms with Crippen LogP contribution in [0.15, 0.2) is 45.8 Å². The molecule has 3 rings (SSSR count). The van der Waals surface area contributed by atoms with E-state index in [1.807, 2.05) is 43.3 Å². The molecular weight excluding hydrogens is 502 g/mol. The van der Waals surface area contributed by atoms with Crippen molar-refractivity contribution in [3.8, 4) is 23.0 Å². The third kappa shape index (κ3) is 5.72. The first kappa shape index (κ1) is 23.4. The molecule has 164 valence electrons. The van der Waals surface area contributed by atoms with E-state index in [9.17, 15) is 4.79 Å². The second kappa shape index (κ2) is 10.9. The first-order chi connectivity index (χ1) is 15.0. The van der Waals surface area contributed by atoms with Crippen molar-refractivity contribution in [2.24, 2.45) is 0 Å². The maximum atomic E-state index is 12.4. The van der Waals surface area contributed by atoms with Gasteiger partial charge in [0, 0.05) is 12.6 Å². The predicted octanol–water partition coefficient (Wildman–Crippen LogP) is 5.15. The van der Waals surface area contributed by atoms with Crippen molar-refractivity contribution in [1.82, 2.24) is 4.90 Å². The topological polar surface area (TPSA) is 57.2 Å². The average Bonchev–Trinajstić information content (AvgIpc) is 3.04. The monoisotopic (exact) mass is 523 g/mol. The Labute approximate surface area is 199 Å². The minimum Gasteiger partial charge on any atom is -0.497 e. The first-order valence-electron chi connectivity index (χ1n) is 9.49. The van der Waals surface area contributed by atoms with Crippen LogP contribution in [0.1, 0.15) is 12.5 Å². The summed E-state index contributed by atoms with van der Waals surface area (Å²) in [5, 5.41) is 0. The summed E-state index contributed by atoms with van der Waals surface area (Å²) in [6, 6.07) is 11.1. The summed E-state index contributed by atoms with van der Waals surface area (Å²) in [5.41, 5.74) is 0.806. The molecule has 9 heteroatoms. The highest BCUT2D eigenvalue weighted by atomic mass is 79.9. The third-order valence-electron chi connectivity index (χ3n) is 4.38.